The number of aromatic nitrogens is 1. The zero-order chi connectivity index (χ0) is 8.27. The number of hydrogen-bond donors (Lipinski definition) is 0. The molecule has 1 radical (unpaired) electrons. The molecule has 0 spiro atoms. The Morgan fingerprint density at radius 3 is 3.09 bits per heavy atom. The molecule has 59 valence electrons. The molecule has 0 unspecified atom stereocenters. The molecule has 3 nitrogen and oxygen atoms in total. The Labute approximate surface area is 69.0 Å². The highest BCUT2D eigenvalue weighted by Gasteiger charge is 2.08. The zero-order valence-corrected chi connectivity index (χ0v) is 6.98. The van der Waals surface area contributed by atoms with Crippen molar-refractivity contribution in [2.75, 3.05) is 6.61 Å². The van der Waals surface area contributed by atoms with Gasteiger partial charge in [-0.2, -0.15) is 0 Å². The molecule has 0 amide bonds. The van der Waals surface area contributed by atoms with E-state index in [9.17, 15) is 4.79 Å². The van der Waals surface area contributed by atoms with Crippen LogP contribution in [-0.2, 0) is 4.74 Å². The number of esters is 1. The summed E-state index contributed by atoms with van der Waals surface area (Å²) in [5, 5.41) is 2.27. The zero-order valence-electron chi connectivity index (χ0n) is 6.16. The maximum Gasteiger partial charge on any atom is 0.357 e. The minimum absolute atomic E-state index is 0.349. The number of ether oxygens (including phenoxy) is 1. The molecule has 1 aromatic heterocycles. The fourth-order valence-electron chi connectivity index (χ4n) is 0.610. The molecule has 0 N–H and O–H groups in total. The topological polar surface area (TPSA) is 39.2 Å². The van der Waals surface area contributed by atoms with Crippen LogP contribution in [0.25, 0.3) is 0 Å². The van der Waals surface area contributed by atoms with Crippen molar-refractivity contribution in [2.45, 2.75) is 6.92 Å². The van der Waals surface area contributed by atoms with Gasteiger partial charge in [-0.15, -0.1) is 11.3 Å². The third kappa shape index (κ3) is 2.01. The van der Waals surface area contributed by atoms with E-state index in [2.05, 4.69) is 11.9 Å². The second-order valence-corrected chi connectivity index (χ2v) is 2.79. The van der Waals surface area contributed by atoms with Crippen LogP contribution in [0, 0.1) is 6.92 Å². The van der Waals surface area contributed by atoms with E-state index in [0.717, 1.165) is 0 Å². The Kier molecular flexibility index (Phi) is 2.59. The SMILES string of the molecule is [CH2]c1nc(C(=O)OCC)cs1. The van der Waals surface area contributed by atoms with E-state index in [1.165, 1.54) is 11.3 Å². The summed E-state index contributed by atoms with van der Waals surface area (Å²) in [7, 11) is 0. The molecule has 1 aromatic rings. The number of hydrogen-bond acceptors (Lipinski definition) is 4. The van der Waals surface area contributed by atoms with Gasteiger partial charge in [0, 0.05) is 12.3 Å². The molecular formula is C7H8NO2S. The van der Waals surface area contributed by atoms with Crippen LogP contribution < -0.4 is 0 Å². The highest BCUT2D eigenvalue weighted by Crippen LogP contribution is 2.08. The predicted molar refractivity (Wildman–Crippen MR) is 42.5 cm³/mol. The molecule has 4 heteroatoms. The van der Waals surface area contributed by atoms with Gasteiger partial charge in [-0.25, -0.2) is 9.78 Å². The predicted octanol–water partition coefficient (Wildman–Crippen LogP) is 1.50. The van der Waals surface area contributed by atoms with E-state index >= 15 is 0 Å². The Hall–Kier alpha value is -0.900. The number of thiazole rings is 1. The van der Waals surface area contributed by atoms with Gasteiger partial charge in [0.1, 0.15) is 0 Å². The Morgan fingerprint density at radius 1 is 1.91 bits per heavy atom. The molecular weight excluding hydrogens is 162 g/mol. The van der Waals surface area contributed by atoms with Crippen molar-refractivity contribution < 1.29 is 9.53 Å². The number of carbonyl (C=O) groups excluding carboxylic acids is 1. The first-order valence-electron chi connectivity index (χ1n) is 3.18. The Bertz CT molecular complexity index is 257. The fourth-order valence-corrected chi connectivity index (χ4v) is 1.16. The maximum absolute atomic E-state index is 11.0. The molecule has 0 aliphatic rings. The summed E-state index contributed by atoms with van der Waals surface area (Å²) in [5.74, 6) is -0.376. The summed E-state index contributed by atoms with van der Waals surface area (Å²) in [5.41, 5.74) is 0.349. The number of carbonyl (C=O) groups is 1. The minimum Gasteiger partial charge on any atom is -0.461 e. The van der Waals surface area contributed by atoms with Crippen LogP contribution in [0.1, 0.15) is 22.4 Å². The van der Waals surface area contributed by atoms with Crippen LogP contribution in [0.5, 0.6) is 0 Å². The Morgan fingerprint density at radius 2 is 2.64 bits per heavy atom. The molecule has 1 rings (SSSR count). The third-order valence-electron chi connectivity index (χ3n) is 1.04. The normalized spacial score (nSPS) is 9.64. The highest BCUT2D eigenvalue weighted by molar-refractivity contribution is 7.10. The van der Waals surface area contributed by atoms with E-state index < -0.39 is 0 Å². The van der Waals surface area contributed by atoms with E-state index in [-0.39, 0.29) is 5.97 Å². The number of rotatable bonds is 2. The smallest absolute Gasteiger partial charge is 0.357 e. The van der Waals surface area contributed by atoms with Gasteiger partial charge in [-0.1, -0.05) is 0 Å². The van der Waals surface area contributed by atoms with Gasteiger partial charge in [0.25, 0.3) is 0 Å². The van der Waals surface area contributed by atoms with Crippen LogP contribution in [0.15, 0.2) is 5.38 Å². The second kappa shape index (κ2) is 3.48. The van der Waals surface area contributed by atoms with Gasteiger partial charge in [0.2, 0.25) is 0 Å². The third-order valence-corrected chi connectivity index (χ3v) is 1.74. The van der Waals surface area contributed by atoms with Crippen molar-refractivity contribution in [1.82, 2.24) is 4.98 Å². The summed E-state index contributed by atoms with van der Waals surface area (Å²) < 4.78 is 4.72. The average Bonchev–Trinajstić information content (AvgIpc) is 2.36. The molecule has 0 aliphatic carbocycles. The molecule has 1 heterocycles. The summed E-state index contributed by atoms with van der Waals surface area (Å²) in [6, 6.07) is 0. The van der Waals surface area contributed by atoms with Crippen LogP contribution >= 0.6 is 11.3 Å². The van der Waals surface area contributed by atoms with E-state index in [0.29, 0.717) is 17.3 Å². The van der Waals surface area contributed by atoms with Gasteiger partial charge in [-0.3, -0.25) is 0 Å². The minimum atomic E-state index is -0.376. The monoisotopic (exact) mass is 170 g/mol. The Balaban J connectivity index is 2.69. The van der Waals surface area contributed by atoms with Gasteiger partial charge >= 0.3 is 5.97 Å². The van der Waals surface area contributed by atoms with E-state index in [1.54, 1.807) is 12.3 Å². The lowest BCUT2D eigenvalue weighted by atomic mass is 10.5. The number of nitrogens with zero attached hydrogens (tertiary/aromatic N) is 1. The molecule has 0 aliphatic heterocycles. The van der Waals surface area contributed by atoms with Gasteiger partial charge in [-0.05, 0) is 6.92 Å². The molecule has 0 saturated carbocycles. The van der Waals surface area contributed by atoms with Gasteiger partial charge < -0.3 is 4.74 Å². The van der Waals surface area contributed by atoms with Crippen molar-refractivity contribution in [3.63, 3.8) is 0 Å². The molecule has 0 aromatic carbocycles. The van der Waals surface area contributed by atoms with E-state index in [4.69, 9.17) is 4.74 Å². The quantitative estimate of drug-likeness (QED) is 0.631. The standard InChI is InChI=1S/C7H8NO2S/c1-3-10-7(9)6-4-11-5(2)8-6/h4H,2-3H2,1H3. The van der Waals surface area contributed by atoms with Crippen LogP contribution in [-0.4, -0.2) is 17.6 Å². The highest BCUT2D eigenvalue weighted by atomic mass is 32.1. The van der Waals surface area contributed by atoms with Crippen molar-refractivity contribution in [2.24, 2.45) is 0 Å². The maximum atomic E-state index is 11.0. The first kappa shape index (κ1) is 8.20. The molecule has 0 saturated heterocycles. The summed E-state index contributed by atoms with van der Waals surface area (Å²) >= 11 is 1.34. The lowest BCUT2D eigenvalue weighted by molar-refractivity contribution is 0.0520. The largest absolute Gasteiger partial charge is 0.461 e. The molecule has 0 bridgehead atoms. The first-order valence-corrected chi connectivity index (χ1v) is 4.06. The second-order valence-electron chi connectivity index (χ2n) is 1.85. The first-order chi connectivity index (χ1) is 5.24. The van der Waals surface area contributed by atoms with Crippen molar-refractivity contribution in [3.05, 3.63) is 23.0 Å². The lowest BCUT2D eigenvalue weighted by Gasteiger charge is -1.95. The summed E-state index contributed by atoms with van der Waals surface area (Å²) in [6.45, 7) is 5.72. The summed E-state index contributed by atoms with van der Waals surface area (Å²) in [4.78, 5) is 14.8. The molecule has 0 fully saturated rings. The van der Waals surface area contributed by atoms with Crippen LogP contribution in [0.4, 0.5) is 0 Å². The van der Waals surface area contributed by atoms with Crippen molar-refractivity contribution >= 4 is 17.3 Å². The molecule has 0 atom stereocenters. The lowest BCUT2D eigenvalue weighted by Crippen LogP contribution is -2.04. The van der Waals surface area contributed by atoms with Crippen molar-refractivity contribution in [1.29, 1.82) is 0 Å². The van der Waals surface area contributed by atoms with Crippen LogP contribution in [0.2, 0.25) is 0 Å². The molecule has 11 heavy (non-hydrogen) atoms. The fraction of sp³-hybridized carbons (Fsp3) is 0.286. The van der Waals surface area contributed by atoms with E-state index in [1.807, 2.05) is 0 Å². The van der Waals surface area contributed by atoms with Gasteiger partial charge in [0.05, 0.1) is 11.6 Å². The average molecular weight is 170 g/mol. The van der Waals surface area contributed by atoms with Crippen molar-refractivity contribution in [3.8, 4) is 0 Å². The summed E-state index contributed by atoms with van der Waals surface area (Å²) in [6.07, 6.45) is 0. The van der Waals surface area contributed by atoms with Gasteiger partial charge in [0.15, 0.2) is 5.69 Å². The van der Waals surface area contributed by atoms with Crippen LogP contribution in [0.3, 0.4) is 0 Å².